The lowest BCUT2D eigenvalue weighted by molar-refractivity contribution is -0.660. The van der Waals surface area contributed by atoms with E-state index in [1.54, 1.807) is 128 Å². The molecule has 0 radical (unpaired) electrons. The Balaban J connectivity index is 0.000000129. The molecule has 0 amide bonds. The van der Waals surface area contributed by atoms with Gasteiger partial charge >= 0.3 is 0 Å². The third-order valence-corrected chi connectivity index (χ3v) is 26.3. The van der Waals surface area contributed by atoms with Crippen LogP contribution in [0.25, 0.3) is 177 Å². The molecule has 632 valence electrons. The number of benzene rings is 10. The van der Waals surface area contributed by atoms with Crippen LogP contribution in [0.3, 0.4) is 0 Å². The third kappa shape index (κ3) is 11.9. The largest absolute Gasteiger partial charge is 0.455 e. The number of rotatable bonds is 4. The van der Waals surface area contributed by atoms with Crippen LogP contribution in [-0.4, -0.2) is 9.97 Å². The van der Waals surface area contributed by atoms with Crippen molar-refractivity contribution in [1.82, 2.24) is 9.97 Å². The first-order valence-corrected chi connectivity index (χ1v) is 41.6. The van der Waals surface area contributed by atoms with Gasteiger partial charge in [0.1, 0.15) is 61.7 Å². The summed E-state index contributed by atoms with van der Waals surface area (Å²) in [5.74, 6) is 0. The van der Waals surface area contributed by atoms with Gasteiger partial charge in [0.2, 0.25) is 28.5 Å². The Labute approximate surface area is 808 Å². The molecule has 10 nitrogen and oxygen atoms in total. The van der Waals surface area contributed by atoms with Gasteiger partial charge < -0.3 is 17.7 Å². The van der Waals surface area contributed by atoms with Crippen LogP contribution in [0.5, 0.6) is 0 Å². The van der Waals surface area contributed by atoms with Gasteiger partial charge in [0.05, 0.1) is 33.6 Å². The molecule has 10 heterocycles. The second kappa shape index (κ2) is 28.9. The van der Waals surface area contributed by atoms with E-state index in [1.165, 1.54) is 100 Å². The zero-order valence-electron chi connectivity index (χ0n) is 113. The zero-order chi connectivity index (χ0) is 124. The molecule has 0 N–H and O–H groups in total. The van der Waals surface area contributed by atoms with Crippen molar-refractivity contribution in [3.05, 3.63) is 343 Å². The molecule has 128 heavy (non-hydrogen) atoms. The molecule has 0 spiro atoms. The number of furan rings is 4. The zero-order valence-corrected chi connectivity index (χ0v) is 71.3. The predicted octanol–water partition coefficient (Wildman–Crippen LogP) is 28.0. The molecule has 10 aromatic heterocycles. The van der Waals surface area contributed by atoms with Crippen LogP contribution in [0.15, 0.2) is 249 Å². The van der Waals surface area contributed by atoms with E-state index in [0.717, 1.165) is 33.0 Å². The van der Waals surface area contributed by atoms with Crippen molar-refractivity contribution in [3.63, 3.8) is 0 Å². The first-order chi connectivity index (χ1) is 78.3. The van der Waals surface area contributed by atoms with Crippen LogP contribution >= 0.6 is 0 Å². The first-order valence-electron chi connectivity index (χ1n) is 62.6. The summed E-state index contributed by atoms with van der Waals surface area (Å²) in [6, 6.07) is 57.5. The second-order valence-corrected chi connectivity index (χ2v) is 34.6. The Morgan fingerprint density at radius 3 is 1.17 bits per heavy atom. The highest BCUT2D eigenvalue weighted by Gasteiger charge is 2.44. The first kappa shape index (κ1) is 47.2. The molecule has 10 heteroatoms. The highest BCUT2D eigenvalue weighted by Crippen LogP contribution is 2.58. The van der Waals surface area contributed by atoms with E-state index < -0.39 is 112 Å². The standard InChI is InChI=1S/2C30H28NO.2C29H27N2O/c1-17-11-12-22-27-25(32-29(22)26(17)24-15-18(2)19(3)16-31(24)6)14-13-21-20-9-7-8-10-23(20)30(4,5)28(21)27;1-17-11-12-21-28-25(32-29(21)26(17)24-15-18(2)19(3)16-31(24)6)14-13-23-27(28)20-9-7-8-10-22(20)30(23,4)5;1-16-9-10-19-20-11-12-22-25(21-8-7-13-30-28(21)29(22,4)5)27(20)32-26(19)24(16)23-14-17(2)18(3)15-31(23)6;1-16-11-12-20-22-14-21-19-9-7-8-10-23(19)29(4,5)27(21)30-28(22)32-26(20)25(16)24-13-17(2)18(3)15-31(24)6/h2*7-16H,1-6H3;2*7-15H,1-6H3/q4*+1/i2D3,3D3;3*2D3,3D3,4D3,5D3. The lowest BCUT2D eigenvalue weighted by Gasteiger charge is -2.22. The molecule has 20 aromatic rings. The highest BCUT2D eigenvalue weighted by atomic mass is 16.3. The maximum absolute atomic E-state index is 8.52. The van der Waals surface area contributed by atoms with Gasteiger partial charge in [-0.1, -0.05) is 207 Å². The molecule has 0 saturated heterocycles. The Bertz CT molecular complexity index is 9860. The quantitative estimate of drug-likeness (QED) is 0.163. The van der Waals surface area contributed by atoms with Gasteiger partial charge in [-0.3, -0.25) is 4.98 Å². The number of aromatic nitrogens is 6. The van der Waals surface area contributed by atoms with Crippen LogP contribution in [0.1, 0.15) is 224 Å². The van der Waals surface area contributed by atoms with Crippen LogP contribution < -0.4 is 18.3 Å². The molecule has 0 fully saturated rings. The van der Waals surface area contributed by atoms with E-state index in [0.29, 0.717) is 144 Å². The number of nitrogens with zero attached hydrogens (tertiary/aromatic N) is 6. The van der Waals surface area contributed by atoms with Crippen LogP contribution in [0, 0.1) is 82.5 Å². The minimum Gasteiger partial charge on any atom is -0.455 e. The summed E-state index contributed by atoms with van der Waals surface area (Å²) in [4.78, 5) is 8.94. The van der Waals surface area contributed by atoms with Gasteiger partial charge in [0.25, 0.3) is 0 Å². The van der Waals surface area contributed by atoms with E-state index in [-0.39, 0.29) is 94.9 Å². The summed E-state index contributed by atoms with van der Waals surface area (Å²) < 4.78 is 377. The number of aryl methyl sites for hydroxylation is 16. The number of hydrogen-bond acceptors (Lipinski definition) is 6. The molecule has 10 aromatic carbocycles. The topological polar surface area (TPSA) is 93.9 Å². The van der Waals surface area contributed by atoms with Gasteiger partial charge in [-0.25, -0.2) is 23.3 Å². The van der Waals surface area contributed by atoms with E-state index in [4.69, 9.17) is 75.2 Å². The Kier molecular flexibility index (Phi) is 10.7. The summed E-state index contributed by atoms with van der Waals surface area (Å²) in [6.45, 7) is -27.2. The van der Waals surface area contributed by atoms with Gasteiger partial charge in [0.15, 0.2) is 30.4 Å². The summed E-state index contributed by atoms with van der Waals surface area (Å²) in [6.07, 6.45) is 6.68. The number of hydrogen-bond donors (Lipinski definition) is 0. The SMILES string of the molecule is [2H]C([2H])([2H])c1cc(-c2c(C)ccc3c2oc2c4c(ccc23)C(C([2H])([2H])[2H])(C([2H])([2H])[2H])c2ncccc2-4)[n+](C)cc1C([2H])([2H])[2H].[2H]C([2H])([2H])c1cc(-c2c(C)ccc3c2oc2ccc4c(c23)-c2ccccc2C4(C([2H])([2H])[2H])C([2H])([2H])[2H])[n+](C)cc1C([2H])([2H])[2H].[2H]C([2H])([2H])c1cc(-c2c(C)ccc3c2oc2ccc4c(c23)C(C)(C)c2ccccc2-4)[n+](C)cc1C([2H])([2H])[2H].[2H]C([2H])([2H])c1cc(-c2c(C)ccc3c2oc2nc4c(cc23)-c2ccccc2C4(C([2H])([2H])[2H])C([2H])([2H])[2H])[n+](C)cc1C([2H])([2H])[2H]. The van der Waals surface area contributed by atoms with E-state index in [2.05, 4.69) is 60.2 Å². The molecular weight excluding hydrogens is 1570 g/mol. The molecule has 0 saturated carbocycles. The highest BCUT2D eigenvalue weighted by molar-refractivity contribution is 6.19. The van der Waals surface area contributed by atoms with E-state index >= 15 is 0 Å². The molecular formula is C118H110N6O4+4. The normalized spacial score (nSPS) is 20.4. The average molecular weight is 1720 g/mol. The fourth-order valence-electron chi connectivity index (χ4n) is 20.1. The third-order valence-electron chi connectivity index (χ3n) is 26.3. The summed E-state index contributed by atoms with van der Waals surface area (Å²) >= 11 is 0. The molecule has 0 bridgehead atoms. The van der Waals surface area contributed by atoms with Crippen LogP contribution in [0.4, 0.5) is 0 Å². The molecule has 24 rings (SSSR count). The summed E-state index contributed by atoms with van der Waals surface area (Å²) in [5.41, 5.74) is 8.56. The molecule has 0 unspecified atom stereocenters. The van der Waals surface area contributed by atoms with Crippen molar-refractivity contribution in [2.75, 3.05) is 0 Å². The van der Waals surface area contributed by atoms with Crippen molar-refractivity contribution in [2.45, 2.75) is 159 Å². The fourth-order valence-corrected chi connectivity index (χ4v) is 20.1. The van der Waals surface area contributed by atoms with Crippen molar-refractivity contribution < 1.29 is 93.5 Å². The maximum Gasteiger partial charge on any atom is 0.227 e. The molecule has 0 aliphatic heterocycles. The number of fused-ring (bicyclic) bond motifs is 27. The lowest BCUT2D eigenvalue weighted by atomic mass is 9.80. The monoisotopic (exact) mass is 1720 g/mol. The Morgan fingerprint density at radius 2 is 0.664 bits per heavy atom. The van der Waals surface area contributed by atoms with Crippen LogP contribution in [0.2, 0.25) is 0 Å². The van der Waals surface area contributed by atoms with E-state index in [9.17, 15) is 0 Å². The van der Waals surface area contributed by atoms with Gasteiger partial charge in [-0.2, -0.15) is 0 Å². The summed E-state index contributed by atoms with van der Waals surface area (Å²) in [7, 11) is 6.60. The van der Waals surface area contributed by atoms with Crippen molar-refractivity contribution in [1.29, 1.82) is 0 Å². The van der Waals surface area contributed by atoms with Gasteiger partial charge in [0, 0.05) is 192 Å². The van der Waals surface area contributed by atoms with Crippen molar-refractivity contribution in [2.24, 2.45) is 28.2 Å². The average Bonchev–Trinajstić information content (AvgIpc) is 1.37. The van der Waals surface area contributed by atoms with Crippen molar-refractivity contribution in [3.8, 4) is 89.5 Å². The second-order valence-electron chi connectivity index (χ2n) is 34.6. The lowest BCUT2D eigenvalue weighted by Crippen LogP contribution is -2.31. The van der Waals surface area contributed by atoms with Gasteiger partial charge in [-0.15, -0.1) is 0 Å². The van der Waals surface area contributed by atoms with E-state index in [1.807, 2.05) is 63.2 Å². The summed E-state index contributed by atoms with van der Waals surface area (Å²) in [5, 5.41) is 5.45. The Hall–Kier alpha value is -13.7. The van der Waals surface area contributed by atoms with Crippen LogP contribution in [-0.2, 0) is 49.9 Å². The fraction of sp³-hybridized carbons (Fsp3) is 0.237. The molecule has 0 atom stereocenters. The number of pyridine rings is 6. The minimum atomic E-state index is -2.99. The predicted molar refractivity (Wildman–Crippen MR) is 524 cm³/mol. The molecule has 4 aliphatic rings. The van der Waals surface area contributed by atoms with Crippen molar-refractivity contribution >= 4 is 87.9 Å². The minimum absolute atomic E-state index is 0.0223. The maximum atomic E-state index is 8.52. The molecule has 4 aliphatic carbocycles. The Morgan fingerprint density at radius 1 is 0.281 bits per heavy atom. The smallest absolute Gasteiger partial charge is 0.227 e. The van der Waals surface area contributed by atoms with Gasteiger partial charge in [-0.05, 0) is 212 Å².